The van der Waals surface area contributed by atoms with Gasteiger partial charge in [-0.15, -0.1) is 12.4 Å². The zero-order chi connectivity index (χ0) is 15.9. The van der Waals surface area contributed by atoms with Crippen LogP contribution in [-0.4, -0.2) is 0 Å². The molecule has 0 spiro atoms. The number of anilines is 1. The van der Waals surface area contributed by atoms with Gasteiger partial charge in [0.1, 0.15) is 0 Å². The van der Waals surface area contributed by atoms with E-state index in [1.807, 2.05) is 18.2 Å². The molecule has 0 saturated heterocycles. The summed E-state index contributed by atoms with van der Waals surface area (Å²) >= 11 is 0. The smallest absolute Gasteiger partial charge is 0.0314 e. The summed E-state index contributed by atoms with van der Waals surface area (Å²) in [5, 5.41) is 0. The Morgan fingerprint density at radius 1 is 0.750 bits per heavy atom. The number of aryl methyl sites for hydroxylation is 1. The predicted octanol–water partition coefficient (Wildman–Crippen LogP) is 5.86. The maximum Gasteiger partial charge on any atom is 0.0314 e. The van der Waals surface area contributed by atoms with Crippen molar-refractivity contribution >= 4 is 29.7 Å². The van der Waals surface area contributed by atoms with Gasteiger partial charge < -0.3 is 5.73 Å². The molecule has 0 bridgehead atoms. The molecule has 0 fully saturated rings. The van der Waals surface area contributed by atoms with Crippen molar-refractivity contribution < 1.29 is 0 Å². The van der Waals surface area contributed by atoms with Gasteiger partial charge in [-0.2, -0.15) is 0 Å². The van der Waals surface area contributed by atoms with Crippen molar-refractivity contribution in [3.63, 3.8) is 0 Å². The molecule has 3 rings (SSSR count). The second kappa shape index (κ2) is 8.95. The summed E-state index contributed by atoms with van der Waals surface area (Å²) in [5.74, 6) is 0. The van der Waals surface area contributed by atoms with Gasteiger partial charge in [0.15, 0.2) is 0 Å². The molecule has 0 saturated carbocycles. The average molecular weight is 336 g/mol. The molecule has 0 unspecified atom stereocenters. The van der Waals surface area contributed by atoms with Crippen LogP contribution >= 0.6 is 12.4 Å². The number of benzene rings is 3. The highest BCUT2D eigenvalue weighted by atomic mass is 35.5. The molecule has 0 aliphatic heterocycles. The van der Waals surface area contributed by atoms with E-state index in [9.17, 15) is 0 Å². The van der Waals surface area contributed by atoms with E-state index in [0.29, 0.717) is 0 Å². The Balaban J connectivity index is 0.00000208. The summed E-state index contributed by atoms with van der Waals surface area (Å²) in [6.07, 6.45) is 4.29. The Labute approximate surface area is 150 Å². The molecule has 24 heavy (non-hydrogen) atoms. The molecule has 122 valence electrons. The zero-order valence-corrected chi connectivity index (χ0v) is 14.4. The van der Waals surface area contributed by atoms with E-state index in [4.69, 9.17) is 5.73 Å². The van der Waals surface area contributed by atoms with Crippen molar-refractivity contribution in [2.75, 3.05) is 5.73 Å². The first-order valence-corrected chi connectivity index (χ1v) is 7.97. The molecule has 3 aromatic carbocycles. The third-order valence-corrected chi connectivity index (χ3v) is 3.95. The van der Waals surface area contributed by atoms with Crippen LogP contribution in [0.5, 0.6) is 0 Å². The van der Waals surface area contributed by atoms with Crippen molar-refractivity contribution in [3.05, 3.63) is 102 Å². The van der Waals surface area contributed by atoms with Crippen molar-refractivity contribution in [1.82, 2.24) is 0 Å². The van der Waals surface area contributed by atoms with Crippen LogP contribution in [-0.2, 0) is 6.42 Å². The van der Waals surface area contributed by atoms with Crippen molar-refractivity contribution in [1.29, 1.82) is 0 Å². The Morgan fingerprint density at radius 3 is 1.96 bits per heavy atom. The van der Waals surface area contributed by atoms with E-state index >= 15 is 0 Å². The highest BCUT2D eigenvalue weighted by Gasteiger charge is 2.03. The SMILES string of the molecule is Cl.Nc1ccc(CC/C(=C/c2ccccc2)c2ccccc2)cc1. The summed E-state index contributed by atoms with van der Waals surface area (Å²) in [4.78, 5) is 0. The largest absolute Gasteiger partial charge is 0.399 e. The van der Waals surface area contributed by atoms with Crippen LogP contribution in [0.3, 0.4) is 0 Å². The number of allylic oxidation sites excluding steroid dienone is 1. The van der Waals surface area contributed by atoms with Crippen LogP contribution in [0.15, 0.2) is 84.9 Å². The molecule has 0 atom stereocenters. The van der Waals surface area contributed by atoms with Gasteiger partial charge in [0.25, 0.3) is 0 Å². The predicted molar refractivity (Wildman–Crippen MR) is 107 cm³/mol. The van der Waals surface area contributed by atoms with E-state index in [-0.39, 0.29) is 12.4 Å². The maximum atomic E-state index is 5.76. The first-order chi connectivity index (χ1) is 11.3. The summed E-state index contributed by atoms with van der Waals surface area (Å²) in [5.41, 5.74) is 11.8. The fourth-order valence-corrected chi connectivity index (χ4v) is 2.67. The van der Waals surface area contributed by atoms with Crippen LogP contribution in [0.1, 0.15) is 23.1 Å². The first-order valence-electron chi connectivity index (χ1n) is 7.97. The van der Waals surface area contributed by atoms with Crippen molar-refractivity contribution in [3.8, 4) is 0 Å². The lowest BCUT2D eigenvalue weighted by molar-refractivity contribution is 1.02. The molecule has 0 aliphatic carbocycles. The van der Waals surface area contributed by atoms with Crippen LogP contribution in [0.2, 0.25) is 0 Å². The molecule has 0 heterocycles. The molecular weight excluding hydrogens is 314 g/mol. The molecule has 0 radical (unpaired) electrons. The first kappa shape index (κ1) is 17.8. The molecule has 3 aromatic rings. The number of rotatable bonds is 5. The number of halogens is 1. The third kappa shape index (κ3) is 5.00. The molecule has 1 nitrogen and oxygen atoms in total. The molecule has 0 aromatic heterocycles. The lowest BCUT2D eigenvalue weighted by Crippen LogP contribution is -1.91. The summed E-state index contributed by atoms with van der Waals surface area (Å²) in [7, 11) is 0. The van der Waals surface area contributed by atoms with E-state index in [0.717, 1.165) is 18.5 Å². The highest BCUT2D eigenvalue weighted by molar-refractivity contribution is 5.85. The van der Waals surface area contributed by atoms with Crippen molar-refractivity contribution in [2.24, 2.45) is 0 Å². The van der Waals surface area contributed by atoms with Crippen molar-refractivity contribution in [2.45, 2.75) is 12.8 Å². The number of hydrogen-bond donors (Lipinski definition) is 1. The zero-order valence-electron chi connectivity index (χ0n) is 13.6. The molecule has 2 N–H and O–H groups in total. The standard InChI is InChI=1S/C22H21N.ClH/c23-22-15-12-18(13-16-22)11-14-21(20-9-5-2-6-10-20)17-19-7-3-1-4-8-19;/h1-10,12-13,15-17H,11,14,23H2;1H/b21-17-;. The molecule has 0 aliphatic rings. The average Bonchev–Trinajstić information content (AvgIpc) is 2.61. The second-order valence-electron chi connectivity index (χ2n) is 5.69. The van der Waals surface area contributed by atoms with E-state index in [2.05, 4.69) is 72.8 Å². The topological polar surface area (TPSA) is 26.0 Å². The van der Waals surface area contributed by atoms with Crippen LogP contribution in [0.25, 0.3) is 11.6 Å². The summed E-state index contributed by atoms with van der Waals surface area (Å²) < 4.78 is 0. The monoisotopic (exact) mass is 335 g/mol. The van der Waals surface area contributed by atoms with E-state index < -0.39 is 0 Å². The number of nitrogens with two attached hydrogens (primary N) is 1. The lowest BCUT2D eigenvalue weighted by atomic mass is 9.96. The van der Waals surface area contributed by atoms with Gasteiger partial charge in [-0.1, -0.05) is 78.9 Å². The number of nitrogen functional groups attached to an aromatic ring is 1. The summed E-state index contributed by atoms with van der Waals surface area (Å²) in [6, 6.07) is 29.3. The van der Waals surface area contributed by atoms with E-state index in [1.165, 1.54) is 22.3 Å². The van der Waals surface area contributed by atoms with Gasteiger partial charge in [-0.05, 0) is 47.2 Å². The van der Waals surface area contributed by atoms with Gasteiger partial charge >= 0.3 is 0 Å². The normalized spacial score (nSPS) is 10.9. The lowest BCUT2D eigenvalue weighted by Gasteiger charge is -2.09. The van der Waals surface area contributed by atoms with E-state index in [1.54, 1.807) is 0 Å². The fraction of sp³-hybridized carbons (Fsp3) is 0.0909. The van der Waals surface area contributed by atoms with Gasteiger partial charge in [0.05, 0.1) is 0 Å². The molecule has 2 heteroatoms. The van der Waals surface area contributed by atoms with Gasteiger partial charge in [0.2, 0.25) is 0 Å². The molecule has 0 amide bonds. The van der Waals surface area contributed by atoms with Crippen LogP contribution in [0, 0.1) is 0 Å². The Kier molecular flexibility index (Phi) is 6.65. The quantitative estimate of drug-likeness (QED) is 0.458. The summed E-state index contributed by atoms with van der Waals surface area (Å²) in [6.45, 7) is 0. The highest BCUT2D eigenvalue weighted by Crippen LogP contribution is 2.23. The molecular formula is C22H22ClN. The van der Waals surface area contributed by atoms with Crippen LogP contribution in [0.4, 0.5) is 5.69 Å². The Bertz CT molecular complexity index is 762. The minimum absolute atomic E-state index is 0. The minimum atomic E-state index is 0. The number of hydrogen-bond acceptors (Lipinski definition) is 1. The third-order valence-electron chi connectivity index (χ3n) is 3.95. The minimum Gasteiger partial charge on any atom is -0.399 e. The Morgan fingerprint density at radius 2 is 1.33 bits per heavy atom. The van der Waals surface area contributed by atoms with Gasteiger partial charge in [-0.3, -0.25) is 0 Å². The van der Waals surface area contributed by atoms with Gasteiger partial charge in [0, 0.05) is 5.69 Å². The van der Waals surface area contributed by atoms with Gasteiger partial charge in [-0.25, -0.2) is 0 Å². The fourth-order valence-electron chi connectivity index (χ4n) is 2.67. The second-order valence-corrected chi connectivity index (χ2v) is 5.69. The maximum absolute atomic E-state index is 5.76. The van der Waals surface area contributed by atoms with Crippen LogP contribution < -0.4 is 5.73 Å². The Hall–Kier alpha value is -2.51.